The first-order valence-corrected chi connectivity index (χ1v) is 10.6. The van der Waals surface area contributed by atoms with Crippen LogP contribution in [-0.2, 0) is 0 Å². The Morgan fingerprint density at radius 1 is 0.960 bits per heavy atom. The average molecular weight is 352 g/mol. The van der Waals surface area contributed by atoms with E-state index in [1.54, 1.807) is 0 Å². The molecule has 0 spiro atoms. The molecule has 4 aliphatic rings. The summed E-state index contributed by atoms with van der Waals surface area (Å²) in [4.78, 5) is 0. The van der Waals surface area contributed by atoms with E-state index >= 15 is 0 Å². The van der Waals surface area contributed by atoms with Crippen molar-refractivity contribution in [2.45, 2.75) is 96.3 Å². The third kappa shape index (κ3) is 2.33. The molecule has 0 aliphatic heterocycles. The molecule has 0 saturated heterocycles. The standard InChI is InChI=1S/C21H37NO3/c1-13(22-25)16-8-11-21(24)18-5-4-14-12-15(23)6-9-19(14,2)17(18)7-10-20(16,21)3/h13-18,22-25H,4-12H2,1-3H3/t13?,14-,15+,16-,17+,18-,19+,20-,21+/m1/s1. The minimum atomic E-state index is -0.588. The second kappa shape index (κ2) is 5.92. The third-order valence-electron chi connectivity index (χ3n) is 9.70. The van der Waals surface area contributed by atoms with Crippen LogP contribution in [0, 0.1) is 34.5 Å². The van der Waals surface area contributed by atoms with Crippen molar-refractivity contribution in [3.63, 3.8) is 0 Å². The molecule has 4 heteroatoms. The summed E-state index contributed by atoms with van der Waals surface area (Å²) in [6.07, 6.45) is 9.30. The Bertz CT molecular complexity index is 527. The van der Waals surface area contributed by atoms with Crippen LogP contribution in [0.25, 0.3) is 0 Å². The molecule has 9 atom stereocenters. The summed E-state index contributed by atoms with van der Waals surface area (Å²) >= 11 is 0. The maximum Gasteiger partial charge on any atom is 0.0735 e. The van der Waals surface area contributed by atoms with Crippen molar-refractivity contribution in [3.05, 3.63) is 0 Å². The van der Waals surface area contributed by atoms with E-state index in [9.17, 15) is 15.4 Å². The Balaban J connectivity index is 1.65. The lowest BCUT2D eigenvalue weighted by Gasteiger charge is -2.63. The number of rotatable bonds is 2. The number of hydrogen-bond donors (Lipinski definition) is 4. The van der Waals surface area contributed by atoms with Crippen molar-refractivity contribution in [1.82, 2.24) is 5.48 Å². The van der Waals surface area contributed by atoms with Crippen molar-refractivity contribution in [1.29, 1.82) is 0 Å². The van der Waals surface area contributed by atoms with E-state index in [0.29, 0.717) is 23.7 Å². The molecule has 0 aromatic rings. The van der Waals surface area contributed by atoms with Crippen LogP contribution in [0.4, 0.5) is 0 Å². The average Bonchev–Trinajstić information content (AvgIpc) is 2.86. The van der Waals surface area contributed by atoms with Crippen LogP contribution < -0.4 is 5.48 Å². The van der Waals surface area contributed by atoms with Crippen LogP contribution >= 0.6 is 0 Å². The highest BCUT2D eigenvalue weighted by molar-refractivity contribution is 5.17. The maximum atomic E-state index is 12.0. The van der Waals surface area contributed by atoms with Gasteiger partial charge in [0.05, 0.1) is 11.7 Å². The van der Waals surface area contributed by atoms with Crippen molar-refractivity contribution in [3.8, 4) is 0 Å². The summed E-state index contributed by atoms with van der Waals surface area (Å²) in [7, 11) is 0. The van der Waals surface area contributed by atoms with Gasteiger partial charge in [-0.2, -0.15) is 0 Å². The third-order valence-corrected chi connectivity index (χ3v) is 9.70. The molecule has 4 saturated carbocycles. The molecule has 4 aliphatic carbocycles. The molecule has 4 N–H and O–H groups in total. The fourth-order valence-electron chi connectivity index (χ4n) is 8.14. The molecule has 0 radical (unpaired) electrons. The Labute approximate surface area is 152 Å². The normalized spacial score (nSPS) is 56.6. The molecule has 4 rings (SSSR count). The van der Waals surface area contributed by atoms with Gasteiger partial charge in [0.25, 0.3) is 0 Å². The number of fused-ring (bicyclic) bond motifs is 5. The lowest BCUT2D eigenvalue weighted by molar-refractivity contribution is -0.212. The van der Waals surface area contributed by atoms with Gasteiger partial charge in [0.15, 0.2) is 0 Å². The fourth-order valence-corrected chi connectivity index (χ4v) is 8.14. The number of aliphatic hydroxyl groups is 2. The van der Waals surface area contributed by atoms with E-state index < -0.39 is 5.60 Å². The molecule has 4 fully saturated rings. The lowest BCUT2D eigenvalue weighted by atomic mass is 9.43. The van der Waals surface area contributed by atoms with Crippen LogP contribution in [0.15, 0.2) is 0 Å². The maximum absolute atomic E-state index is 12.0. The van der Waals surface area contributed by atoms with Gasteiger partial charge in [0.1, 0.15) is 0 Å². The van der Waals surface area contributed by atoms with Gasteiger partial charge in [0.2, 0.25) is 0 Å². The van der Waals surface area contributed by atoms with Gasteiger partial charge >= 0.3 is 0 Å². The molecular weight excluding hydrogens is 314 g/mol. The summed E-state index contributed by atoms with van der Waals surface area (Å²) in [6, 6.07) is 0.0346. The minimum Gasteiger partial charge on any atom is -0.393 e. The monoisotopic (exact) mass is 351 g/mol. The number of hydrogen-bond acceptors (Lipinski definition) is 4. The van der Waals surface area contributed by atoms with Crippen LogP contribution in [0.1, 0.15) is 78.6 Å². The summed E-state index contributed by atoms with van der Waals surface area (Å²) < 4.78 is 0. The van der Waals surface area contributed by atoms with E-state index in [2.05, 4.69) is 26.3 Å². The van der Waals surface area contributed by atoms with Gasteiger partial charge in [-0.1, -0.05) is 13.8 Å². The molecule has 0 bridgehead atoms. The molecule has 25 heavy (non-hydrogen) atoms. The zero-order chi connectivity index (χ0) is 18.0. The van der Waals surface area contributed by atoms with Gasteiger partial charge in [-0.15, -0.1) is 0 Å². The van der Waals surface area contributed by atoms with Crippen molar-refractivity contribution < 1.29 is 15.4 Å². The SMILES string of the molecule is CC(NO)[C@H]1CC[C@]2(O)[C@@H]3CC[C@@H]4C[C@@H](O)CC[C@]4(C)[C@H]3CC[C@]12C. The van der Waals surface area contributed by atoms with E-state index in [1.165, 1.54) is 6.42 Å². The van der Waals surface area contributed by atoms with Gasteiger partial charge in [-0.05, 0) is 93.8 Å². The van der Waals surface area contributed by atoms with Crippen LogP contribution in [0.5, 0.6) is 0 Å². The molecule has 4 nitrogen and oxygen atoms in total. The lowest BCUT2D eigenvalue weighted by Crippen LogP contribution is -2.63. The Hall–Kier alpha value is -0.160. The van der Waals surface area contributed by atoms with Crippen molar-refractivity contribution >= 4 is 0 Å². The van der Waals surface area contributed by atoms with Crippen LogP contribution in [0.3, 0.4) is 0 Å². The zero-order valence-electron chi connectivity index (χ0n) is 16.2. The van der Waals surface area contributed by atoms with Gasteiger partial charge in [0, 0.05) is 11.5 Å². The number of nitrogens with one attached hydrogen (secondary N) is 1. The first kappa shape index (κ1) is 18.2. The van der Waals surface area contributed by atoms with E-state index in [0.717, 1.165) is 51.4 Å². The highest BCUT2D eigenvalue weighted by Gasteiger charge is 2.67. The van der Waals surface area contributed by atoms with E-state index in [1.807, 2.05) is 0 Å². The number of hydroxylamine groups is 1. The van der Waals surface area contributed by atoms with Crippen LogP contribution in [-0.4, -0.2) is 33.2 Å². The largest absolute Gasteiger partial charge is 0.393 e. The molecule has 144 valence electrons. The van der Waals surface area contributed by atoms with E-state index in [4.69, 9.17) is 0 Å². The van der Waals surface area contributed by atoms with Crippen molar-refractivity contribution in [2.24, 2.45) is 34.5 Å². The Morgan fingerprint density at radius 2 is 1.72 bits per heavy atom. The van der Waals surface area contributed by atoms with Crippen molar-refractivity contribution in [2.75, 3.05) is 0 Å². The summed E-state index contributed by atoms with van der Waals surface area (Å²) in [5, 5.41) is 31.6. The Morgan fingerprint density at radius 3 is 2.44 bits per heavy atom. The van der Waals surface area contributed by atoms with E-state index in [-0.39, 0.29) is 23.0 Å². The highest BCUT2D eigenvalue weighted by atomic mass is 16.5. The van der Waals surface area contributed by atoms with Crippen LogP contribution in [0.2, 0.25) is 0 Å². The second-order valence-corrected chi connectivity index (χ2v) is 10.4. The molecule has 0 aromatic carbocycles. The summed E-state index contributed by atoms with van der Waals surface area (Å²) in [5.41, 5.74) is 2.08. The molecule has 1 unspecified atom stereocenters. The van der Waals surface area contributed by atoms with Gasteiger partial charge < -0.3 is 15.4 Å². The molecule has 0 amide bonds. The quantitative estimate of drug-likeness (QED) is 0.575. The molecule has 0 aromatic heterocycles. The molecule has 0 heterocycles. The van der Waals surface area contributed by atoms with Gasteiger partial charge in [-0.3, -0.25) is 0 Å². The topological polar surface area (TPSA) is 72.7 Å². The minimum absolute atomic E-state index is 0.0346. The highest BCUT2D eigenvalue weighted by Crippen LogP contribution is 2.69. The summed E-state index contributed by atoms with van der Waals surface area (Å²) in [6.45, 7) is 6.79. The second-order valence-electron chi connectivity index (χ2n) is 10.4. The number of aliphatic hydroxyl groups excluding tert-OH is 1. The molecular formula is C21H37NO3. The fraction of sp³-hybridized carbons (Fsp3) is 1.00. The zero-order valence-corrected chi connectivity index (χ0v) is 16.2. The predicted octanol–water partition coefficient (Wildman–Crippen LogP) is 3.49. The first-order chi connectivity index (χ1) is 11.8. The summed E-state index contributed by atoms with van der Waals surface area (Å²) in [5.74, 6) is 1.94. The Kier molecular flexibility index (Phi) is 4.31. The van der Waals surface area contributed by atoms with Gasteiger partial charge in [-0.25, -0.2) is 5.48 Å². The predicted molar refractivity (Wildman–Crippen MR) is 97.1 cm³/mol. The first-order valence-electron chi connectivity index (χ1n) is 10.6. The smallest absolute Gasteiger partial charge is 0.0735 e.